The minimum Gasteiger partial charge on any atom is -0.361 e. The maximum Gasteiger partial charge on any atom is 0.223 e. The molecular weight excluding hydrogens is 332 g/mol. The highest BCUT2D eigenvalue weighted by Gasteiger charge is 2.23. The highest BCUT2D eigenvalue weighted by Crippen LogP contribution is 2.33. The fraction of sp³-hybridized carbons (Fsp3) is 0.368. The summed E-state index contributed by atoms with van der Waals surface area (Å²) in [7, 11) is 0. The number of amides is 1. The minimum absolute atomic E-state index is 0.0690. The van der Waals surface area contributed by atoms with Crippen LogP contribution in [0.1, 0.15) is 36.9 Å². The Labute approximate surface area is 151 Å². The van der Waals surface area contributed by atoms with Gasteiger partial charge in [0.2, 0.25) is 5.91 Å². The number of rotatable bonds is 4. The number of hydrogen-bond acceptors (Lipinski definition) is 4. The molecule has 1 saturated heterocycles. The normalized spacial score (nSPS) is 16.4. The Morgan fingerprint density at radius 1 is 1.36 bits per heavy atom. The number of fused-ring (bicyclic) bond motifs is 1. The van der Waals surface area contributed by atoms with Crippen molar-refractivity contribution in [2.24, 2.45) is 0 Å². The standard InChI is InChI=1S/C19H22N4OS/c1-13(24)21-19-22-15(12-25-19)11-23-8-6-14(7-9-23)17-10-20-18-5-3-2-4-16(17)18/h2-5,10,12,14,20H,6-9,11H2,1H3,(H,21,22,24). The molecule has 3 heterocycles. The van der Waals surface area contributed by atoms with Gasteiger partial charge in [0.25, 0.3) is 0 Å². The maximum atomic E-state index is 11.1. The molecule has 0 bridgehead atoms. The van der Waals surface area contributed by atoms with Gasteiger partial charge in [-0.1, -0.05) is 18.2 Å². The molecule has 0 spiro atoms. The highest BCUT2D eigenvalue weighted by molar-refractivity contribution is 7.13. The maximum absolute atomic E-state index is 11.1. The number of benzene rings is 1. The number of likely N-dealkylation sites (tertiary alicyclic amines) is 1. The van der Waals surface area contributed by atoms with Crippen LogP contribution in [0, 0.1) is 0 Å². The third-order valence-corrected chi connectivity index (χ3v) is 5.68. The minimum atomic E-state index is -0.0690. The number of hydrogen-bond donors (Lipinski definition) is 2. The number of aromatic amines is 1. The van der Waals surface area contributed by atoms with Crippen LogP contribution in [0.25, 0.3) is 10.9 Å². The summed E-state index contributed by atoms with van der Waals surface area (Å²) in [6.07, 6.45) is 4.53. The van der Waals surface area contributed by atoms with Crippen LogP contribution in [-0.4, -0.2) is 33.9 Å². The number of H-pyrrole nitrogens is 1. The third kappa shape index (κ3) is 3.60. The molecule has 2 aromatic heterocycles. The van der Waals surface area contributed by atoms with Crippen molar-refractivity contribution < 1.29 is 4.79 Å². The van der Waals surface area contributed by atoms with Gasteiger partial charge in [0.05, 0.1) is 5.69 Å². The van der Waals surface area contributed by atoms with Gasteiger partial charge in [0, 0.05) is 35.9 Å². The van der Waals surface area contributed by atoms with Gasteiger partial charge in [-0.2, -0.15) is 0 Å². The fourth-order valence-electron chi connectivity index (χ4n) is 3.65. The highest BCUT2D eigenvalue weighted by atomic mass is 32.1. The topological polar surface area (TPSA) is 61.0 Å². The molecule has 0 unspecified atom stereocenters. The quantitative estimate of drug-likeness (QED) is 0.745. The summed E-state index contributed by atoms with van der Waals surface area (Å²) in [5.41, 5.74) is 3.73. The van der Waals surface area contributed by atoms with E-state index in [4.69, 9.17) is 0 Å². The van der Waals surface area contributed by atoms with Crippen LogP contribution in [0.15, 0.2) is 35.8 Å². The second-order valence-corrected chi connectivity index (χ2v) is 7.52. The summed E-state index contributed by atoms with van der Waals surface area (Å²) in [5, 5.41) is 6.84. The molecule has 1 aromatic carbocycles. The Kier molecular flexibility index (Phi) is 4.55. The van der Waals surface area contributed by atoms with Crippen molar-refractivity contribution in [3.63, 3.8) is 0 Å². The van der Waals surface area contributed by atoms with E-state index in [1.54, 1.807) is 0 Å². The molecule has 1 aliphatic rings. The predicted octanol–water partition coefficient (Wildman–Crippen LogP) is 3.96. The lowest BCUT2D eigenvalue weighted by atomic mass is 9.89. The number of anilines is 1. The zero-order chi connectivity index (χ0) is 17.2. The van der Waals surface area contributed by atoms with E-state index < -0.39 is 0 Å². The van der Waals surface area contributed by atoms with Crippen molar-refractivity contribution in [1.82, 2.24) is 14.9 Å². The van der Waals surface area contributed by atoms with E-state index in [0.717, 1.165) is 25.3 Å². The van der Waals surface area contributed by atoms with Crippen molar-refractivity contribution in [3.05, 3.63) is 47.1 Å². The molecule has 1 aliphatic heterocycles. The SMILES string of the molecule is CC(=O)Nc1nc(CN2CCC(c3c[nH]c4ccccc34)CC2)cs1. The van der Waals surface area contributed by atoms with Crippen LogP contribution in [-0.2, 0) is 11.3 Å². The summed E-state index contributed by atoms with van der Waals surface area (Å²) in [6.45, 7) is 4.53. The Morgan fingerprint density at radius 2 is 2.16 bits per heavy atom. The van der Waals surface area contributed by atoms with E-state index in [-0.39, 0.29) is 5.91 Å². The second kappa shape index (κ2) is 6.98. The Hall–Kier alpha value is -2.18. The van der Waals surface area contributed by atoms with Crippen molar-refractivity contribution in [3.8, 4) is 0 Å². The van der Waals surface area contributed by atoms with E-state index in [0.29, 0.717) is 11.0 Å². The molecule has 6 heteroatoms. The third-order valence-electron chi connectivity index (χ3n) is 4.87. The first-order valence-corrected chi connectivity index (χ1v) is 9.57. The Balaban J connectivity index is 1.37. The van der Waals surface area contributed by atoms with Crippen molar-refractivity contribution >= 4 is 33.3 Å². The molecule has 5 nitrogen and oxygen atoms in total. The lowest BCUT2D eigenvalue weighted by Gasteiger charge is -2.31. The van der Waals surface area contributed by atoms with Crippen LogP contribution in [0.3, 0.4) is 0 Å². The first-order chi connectivity index (χ1) is 12.2. The molecule has 25 heavy (non-hydrogen) atoms. The van der Waals surface area contributed by atoms with E-state index >= 15 is 0 Å². The summed E-state index contributed by atoms with van der Waals surface area (Å²) in [6, 6.07) is 8.55. The molecule has 1 fully saturated rings. The summed E-state index contributed by atoms with van der Waals surface area (Å²) in [4.78, 5) is 21.4. The zero-order valence-electron chi connectivity index (χ0n) is 14.3. The van der Waals surface area contributed by atoms with Gasteiger partial charge >= 0.3 is 0 Å². The monoisotopic (exact) mass is 354 g/mol. The lowest BCUT2D eigenvalue weighted by Crippen LogP contribution is -2.32. The molecule has 0 radical (unpaired) electrons. The van der Waals surface area contributed by atoms with Crippen molar-refractivity contribution in [2.75, 3.05) is 18.4 Å². The van der Waals surface area contributed by atoms with Gasteiger partial charge in [0.15, 0.2) is 5.13 Å². The number of nitrogens with zero attached hydrogens (tertiary/aromatic N) is 2. The van der Waals surface area contributed by atoms with Crippen LogP contribution in [0.4, 0.5) is 5.13 Å². The molecule has 0 atom stereocenters. The molecule has 130 valence electrons. The molecule has 0 saturated carbocycles. The van der Waals surface area contributed by atoms with E-state index in [1.807, 2.05) is 5.38 Å². The van der Waals surface area contributed by atoms with E-state index in [2.05, 4.69) is 50.6 Å². The van der Waals surface area contributed by atoms with Crippen LogP contribution in [0.2, 0.25) is 0 Å². The van der Waals surface area contributed by atoms with E-state index in [9.17, 15) is 4.79 Å². The van der Waals surface area contributed by atoms with Gasteiger partial charge < -0.3 is 10.3 Å². The molecule has 1 amide bonds. The van der Waals surface area contributed by atoms with Gasteiger partial charge in [-0.25, -0.2) is 4.98 Å². The van der Waals surface area contributed by atoms with Gasteiger partial charge in [-0.15, -0.1) is 11.3 Å². The van der Waals surface area contributed by atoms with Gasteiger partial charge in [-0.3, -0.25) is 9.69 Å². The molecule has 3 aromatic rings. The number of carbonyl (C=O) groups is 1. The van der Waals surface area contributed by atoms with Crippen molar-refractivity contribution in [2.45, 2.75) is 32.2 Å². The fourth-order valence-corrected chi connectivity index (χ4v) is 4.40. The first-order valence-electron chi connectivity index (χ1n) is 8.69. The Bertz CT molecular complexity index is 876. The number of nitrogens with one attached hydrogen (secondary N) is 2. The van der Waals surface area contributed by atoms with Crippen LogP contribution in [0.5, 0.6) is 0 Å². The molecule has 4 rings (SSSR count). The smallest absolute Gasteiger partial charge is 0.223 e. The molecule has 2 N–H and O–H groups in total. The van der Waals surface area contributed by atoms with Crippen LogP contribution < -0.4 is 5.32 Å². The van der Waals surface area contributed by atoms with Crippen LogP contribution >= 0.6 is 11.3 Å². The largest absolute Gasteiger partial charge is 0.361 e. The summed E-state index contributed by atoms with van der Waals surface area (Å²) >= 11 is 1.49. The second-order valence-electron chi connectivity index (χ2n) is 6.67. The number of piperidine rings is 1. The number of thiazole rings is 1. The average molecular weight is 354 g/mol. The number of aromatic nitrogens is 2. The van der Waals surface area contributed by atoms with E-state index in [1.165, 1.54) is 47.6 Å². The zero-order valence-corrected chi connectivity index (χ0v) is 15.1. The molecule has 0 aliphatic carbocycles. The summed E-state index contributed by atoms with van der Waals surface area (Å²) < 4.78 is 0. The lowest BCUT2D eigenvalue weighted by molar-refractivity contribution is -0.114. The number of para-hydroxylation sites is 1. The first kappa shape index (κ1) is 16.3. The van der Waals surface area contributed by atoms with Crippen molar-refractivity contribution in [1.29, 1.82) is 0 Å². The summed E-state index contributed by atoms with van der Waals surface area (Å²) in [5.74, 6) is 0.554. The van der Waals surface area contributed by atoms with Gasteiger partial charge in [-0.05, 0) is 43.5 Å². The average Bonchev–Trinajstić information content (AvgIpc) is 3.22. The Morgan fingerprint density at radius 3 is 2.96 bits per heavy atom. The van der Waals surface area contributed by atoms with Gasteiger partial charge in [0.1, 0.15) is 0 Å². The predicted molar refractivity (Wildman–Crippen MR) is 102 cm³/mol. The molecular formula is C19H22N4OS. The number of carbonyl (C=O) groups excluding carboxylic acids is 1.